The van der Waals surface area contributed by atoms with Crippen molar-refractivity contribution in [2.75, 3.05) is 26.2 Å². The van der Waals surface area contributed by atoms with Gasteiger partial charge in [0.05, 0.1) is 25.2 Å². The van der Waals surface area contributed by atoms with Crippen molar-refractivity contribution in [3.8, 4) is 12.0 Å². The van der Waals surface area contributed by atoms with Gasteiger partial charge in [-0.25, -0.2) is 4.39 Å². The minimum atomic E-state index is -0.428. The van der Waals surface area contributed by atoms with Gasteiger partial charge in [-0.15, -0.1) is 4.98 Å². The van der Waals surface area contributed by atoms with Crippen LogP contribution in [0.25, 0.3) is 0 Å². The molecule has 22 heavy (non-hydrogen) atoms. The van der Waals surface area contributed by atoms with Crippen molar-refractivity contribution < 1.29 is 13.9 Å². The van der Waals surface area contributed by atoms with Crippen LogP contribution in [-0.2, 0) is 6.42 Å². The molecule has 0 radical (unpaired) electrons. The maximum absolute atomic E-state index is 13.6. The molecule has 0 spiro atoms. The van der Waals surface area contributed by atoms with Crippen molar-refractivity contribution in [3.05, 3.63) is 35.4 Å². The second-order valence-corrected chi connectivity index (χ2v) is 5.45. The number of nitrogens with zero attached hydrogens (tertiary/aromatic N) is 3. The summed E-state index contributed by atoms with van der Waals surface area (Å²) in [4.78, 5) is 12.4. The third kappa shape index (κ3) is 3.56. The van der Waals surface area contributed by atoms with Crippen LogP contribution in [0.2, 0.25) is 0 Å². The third-order valence-corrected chi connectivity index (χ3v) is 4.04. The molecular weight excluding hydrogens is 307 g/mol. The fourth-order valence-corrected chi connectivity index (χ4v) is 2.58. The van der Waals surface area contributed by atoms with E-state index in [9.17, 15) is 4.39 Å². The van der Waals surface area contributed by atoms with Gasteiger partial charge in [-0.2, -0.15) is 21.7 Å². The average Bonchev–Trinajstić information content (AvgIpc) is 2.55. The van der Waals surface area contributed by atoms with Crippen molar-refractivity contribution in [3.63, 3.8) is 0 Å². The van der Waals surface area contributed by atoms with Crippen LogP contribution in [0.5, 0.6) is 12.0 Å². The molecule has 2 N–H and O–H groups in total. The maximum Gasteiger partial charge on any atom is 0.322 e. The smallest absolute Gasteiger partial charge is 0.322 e. The molecule has 0 amide bonds. The molecular formula is C14H17FN4O2S. The Morgan fingerprint density at radius 1 is 1.18 bits per heavy atom. The molecule has 0 aliphatic carbocycles. The summed E-state index contributed by atoms with van der Waals surface area (Å²) in [5.41, 5.74) is 6.64. The van der Waals surface area contributed by atoms with Crippen molar-refractivity contribution in [1.29, 1.82) is 0 Å². The van der Waals surface area contributed by atoms with Gasteiger partial charge in [0, 0.05) is 0 Å². The second kappa shape index (κ2) is 7.26. The number of hydrogen-bond donors (Lipinski definition) is 1. The number of thioether (sulfide) groups is 1. The number of nitrogen functional groups attached to an aromatic ring is 1. The number of anilines is 1. The van der Waals surface area contributed by atoms with E-state index in [4.69, 9.17) is 15.2 Å². The Balaban J connectivity index is 2.33. The predicted molar refractivity (Wildman–Crippen MR) is 83.7 cm³/mol. The van der Waals surface area contributed by atoms with Crippen molar-refractivity contribution in [2.24, 2.45) is 0 Å². The van der Waals surface area contributed by atoms with E-state index in [-0.39, 0.29) is 23.0 Å². The first-order valence-corrected chi connectivity index (χ1v) is 7.77. The van der Waals surface area contributed by atoms with E-state index < -0.39 is 5.82 Å². The lowest BCUT2D eigenvalue weighted by molar-refractivity contribution is 0.336. The average molecular weight is 324 g/mol. The number of methoxy groups -OCH3 is 2. The lowest BCUT2D eigenvalue weighted by atomic mass is 10.1. The number of benzene rings is 1. The van der Waals surface area contributed by atoms with E-state index in [1.54, 1.807) is 12.1 Å². The number of ether oxygens (including phenoxy) is 2. The summed E-state index contributed by atoms with van der Waals surface area (Å²) in [6, 6.07) is 5.10. The zero-order chi connectivity index (χ0) is 16.1. The molecule has 1 heterocycles. The molecule has 0 fully saturated rings. The first-order chi connectivity index (χ1) is 10.6. The van der Waals surface area contributed by atoms with E-state index in [1.165, 1.54) is 32.0 Å². The molecule has 0 saturated carbocycles. The van der Waals surface area contributed by atoms with Gasteiger partial charge >= 0.3 is 12.0 Å². The van der Waals surface area contributed by atoms with Crippen LogP contribution in [0.15, 0.2) is 18.2 Å². The number of para-hydroxylation sites is 1. The van der Waals surface area contributed by atoms with Crippen LogP contribution in [0.1, 0.15) is 16.6 Å². The molecule has 1 aromatic carbocycles. The molecule has 2 aromatic rings. The van der Waals surface area contributed by atoms with Gasteiger partial charge in [0.1, 0.15) is 5.82 Å². The lowest BCUT2D eigenvalue weighted by Gasteiger charge is -2.15. The second-order valence-electron chi connectivity index (χ2n) is 4.41. The van der Waals surface area contributed by atoms with E-state index in [0.717, 1.165) is 0 Å². The number of aromatic nitrogens is 3. The summed E-state index contributed by atoms with van der Waals surface area (Å²) in [6.07, 6.45) is 2.41. The monoisotopic (exact) mass is 324 g/mol. The first-order valence-electron chi connectivity index (χ1n) is 6.48. The Morgan fingerprint density at radius 2 is 1.82 bits per heavy atom. The quantitative estimate of drug-likeness (QED) is 0.816. The predicted octanol–water partition coefficient (Wildman–Crippen LogP) is 2.26. The number of hydrogen-bond acceptors (Lipinski definition) is 7. The van der Waals surface area contributed by atoms with Gasteiger partial charge in [-0.05, 0) is 24.3 Å². The van der Waals surface area contributed by atoms with Crippen molar-refractivity contribution in [2.45, 2.75) is 11.7 Å². The highest BCUT2D eigenvalue weighted by Crippen LogP contribution is 2.31. The maximum atomic E-state index is 13.6. The highest BCUT2D eigenvalue weighted by Gasteiger charge is 2.19. The molecule has 118 valence electrons. The Kier molecular flexibility index (Phi) is 5.37. The van der Waals surface area contributed by atoms with Gasteiger partial charge in [0.15, 0.2) is 5.82 Å². The molecule has 0 bridgehead atoms. The molecule has 8 heteroatoms. The summed E-state index contributed by atoms with van der Waals surface area (Å²) in [5.74, 6) is 0.0722. The SMILES string of the molecule is COc1nc(OC)nc(C(Cc2cccc(F)c2N)SC)n1. The van der Waals surface area contributed by atoms with Gasteiger partial charge in [-0.1, -0.05) is 12.1 Å². The zero-order valence-corrected chi connectivity index (χ0v) is 13.4. The van der Waals surface area contributed by atoms with Crippen LogP contribution in [0.4, 0.5) is 10.1 Å². The number of nitrogens with two attached hydrogens (primary N) is 1. The Morgan fingerprint density at radius 3 is 2.36 bits per heavy atom. The van der Waals surface area contributed by atoms with Crippen LogP contribution in [0, 0.1) is 5.82 Å². The minimum Gasteiger partial charge on any atom is -0.467 e. The largest absolute Gasteiger partial charge is 0.467 e. The first kappa shape index (κ1) is 16.3. The molecule has 1 unspecified atom stereocenters. The molecule has 6 nitrogen and oxygen atoms in total. The summed E-state index contributed by atoms with van der Waals surface area (Å²) in [6.45, 7) is 0. The van der Waals surface area contributed by atoms with Crippen molar-refractivity contribution in [1.82, 2.24) is 15.0 Å². The van der Waals surface area contributed by atoms with Gasteiger partial charge in [0.2, 0.25) is 0 Å². The van der Waals surface area contributed by atoms with E-state index in [1.807, 2.05) is 6.26 Å². The number of rotatable bonds is 6. The summed E-state index contributed by atoms with van der Waals surface area (Å²) in [5, 5.41) is -0.130. The highest BCUT2D eigenvalue weighted by atomic mass is 32.2. The Hall–Kier alpha value is -2.09. The summed E-state index contributed by atoms with van der Waals surface area (Å²) < 4.78 is 23.7. The van der Waals surface area contributed by atoms with Gasteiger partial charge in [-0.3, -0.25) is 0 Å². The molecule has 1 aromatic heterocycles. The normalized spacial score (nSPS) is 12.0. The van der Waals surface area contributed by atoms with Gasteiger partial charge in [0.25, 0.3) is 0 Å². The standard InChI is InChI=1S/C14H17FN4O2S/c1-20-13-17-12(18-14(19-13)21-2)10(22-3)7-8-5-4-6-9(15)11(8)16/h4-6,10H,7,16H2,1-3H3. The molecule has 2 rings (SSSR count). The Labute approximate surface area is 132 Å². The van der Waals surface area contributed by atoms with Crippen LogP contribution < -0.4 is 15.2 Å². The highest BCUT2D eigenvalue weighted by molar-refractivity contribution is 7.98. The fourth-order valence-electron chi connectivity index (χ4n) is 1.92. The van der Waals surface area contributed by atoms with Gasteiger partial charge < -0.3 is 15.2 Å². The van der Waals surface area contributed by atoms with Crippen LogP contribution in [-0.4, -0.2) is 35.4 Å². The summed E-state index contributed by atoms with van der Waals surface area (Å²) in [7, 11) is 2.94. The summed E-state index contributed by atoms with van der Waals surface area (Å²) >= 11 is 1.53. The Bertz CT molecular complexity index is 634. The van der Waals surface area contributed by atoms with Crippen LogP contribution in [0.3, 0.4) is 0 Å². The zero-order valence-electron chi connectivity index (χ0n) is 12.5. The van der Waals surface area contributed by atoms with Crippen LogP contribution >= 0.6 is 11.8 Å². The topological polar surface area (TPSA) is 83.2 Å². The number of halogens is 1. The molecule has 0 aliphatic heterocycles. The molecule has 1 atom stereocenters. The van der Waals surface area contributed by atoms with E-state index >= 15 is 0 Å². The molecule has 0 aliphatic rings. The van der Waals surface area contributed by atoms with E-state index in [2.05, 4.69) is 15.0 Å². The molecule has 0 saturated heterocycles. The minimum absolute atomic E-state index is 0.130. The van der Waals surface area contributed by atoms with Crippen molar-refractivity contribution >= 4 is 17.4 Å². The lowest BCUT2D eigenvalue weighted by Crippen LogP contribution is -2.10. The fraction of sp³-hybridized carbons (Fsp3) is 0.357. The van der Waals surface area contributed by atoms with E-state index in [0.29, 0.717) is 17.8 Å². The third-order valence-electron chi connectivity index (χ3n) is 3.10.